The average Bonchev–Trinajstić information content (AvgIpc) is 2.76. The number of thioether (sulfide) groups is 1. The smallest absolute Gasteiger partial charge is 0.326 e. The predicted octanol–water partition coefficient (Wildman–Crippen LogP) is 1.61. The Morgan fingerprint density at radius 3 is 2.88 bits per heavy atom. The molecule has 0 aliphatic carbocycles. The zero-order valence-corrected chi connectivity index (χ0v) is 11.1. The first-order valence-corrected chi connectivity index (χ1v) is 7.49. The molecule has 17 heavy (non-hydrogen) atoms. The van der Waals surface area contributed by atoms with Gasteiger partial charge in [-0.15, -0.1) is 0 Å². The van der Waals surface area contributed by atoms with E-state index in [4.69, 9.17) is 5.11 Å². The van der Waals surface area contributed by atoms with Crippen molar-refractivity contribution < 1.29 is 14.7 Å². The molecule has 0 fully saturated rings. The van der Waals surface area contributed by atoms with Gasteiger partial charge in [0, 0.05) is 0 Å². The minimum absolute atomic E-state index is 0.239. The third-order valence-electron chi connectivity index (χ3n) is 2.19. The van der Waals surface area contributed by atoms with Gasteiger partial charge in [-0.3, -0.25) is 4.79 Å². The molecule has 0 spiro atoms. The highest BCUT2D eigenvalue weighted by Gasteiger charge is 2.19. The van der Waals surface area contributed by atoms with Crippen LogP contribution in [0.25, 0.3) is 0 Å². The van der Waals surface area contributed by atoms with Crippen LogP contribution in [0.4, 0.5) is 0 Å². The lowest BCUT2D eigenvalue weighted by atomic mass is 10.2. The largest absolute Gasteiger partial charge is 0.480 e. The number of amides is 1. The number of thiophene rings is 1. The van der Waals surface area contributed by atoms with Crippen LogP contribution in [0.2, 0.25) is 0 Å². The van der Waals surface area contributed by atoms with Gasteiger partial charge in [0.25, 0.3) is 0 Å². The number of carboxylic acid groups (broad SMARTS) is 1. The lowest BCUT2D eigenvalue weighted by molar-refractivity contribution is -0.141. The first kappa shape index (κ1) is 14.1. The molecule has 1 aromatic rings. The topological polar surface area (TPSA) is 66.4 Å². The number of nitrogens with one attached hydrogen (secondary N) is 1. The van der Waals surface area contributed by atoms with Crippen molar-refractivity contribution in [1.29, 1.82) is 0 Å². The van der Waals surface area contributed by atoms with E-state index in [0.29, 0.717) is 6.42 Å². The summed E-state index contributed by atoms with van der Waals surface area (Å²) < 4.78 is 0. The van der Waals surface area contributed by atoms with Crippen LogP contribution < -0.4 is 5.32 Å². The Hall–Kier alpha value is -1.01. The summed E-state index contributed by atoms with van der Waals surface area (Å²) in [6.45, 7) is 0. The van der Waals surface area contributed by atoms with Gasteiger partial charge in [-0.25, -0.2) is 4.79 Å². The minimum Gasteiger partial charge on any atom is -0.480 e. The Balaban J connectivity index is 2.43. The van der Waals surface area contributed by atoms with Crippen LogP contribution in [0.3, 0.4) is 0 Å². The fourth-order valence-electron chi connectivity index (χ4n) is 1.32. The molecular weight excluding hydrogens is 258 g/mol. The normalized spacial score (nSPS) is 12.1. The summed E-state index contributed by atoms with van der Waals surface area (Å²) in [7, 11) is 0. The van der Waals surface area contributed by atoms with Crippen LogP contribution in [0.15, 0.2) is 16.8 Å². The standard InChI is InChI=1S/C11H15NO3S2/c1-16-4-3-9(11(14)15)12-10(13)6-8-2-5-17-7-8/h2,5,7,9H,3-4,6H2,1H3,(H,12,13)(H,14,15). The second-order valence-electron chi connectivity index (χ2n) is 3.55. The summed E-state index contributed by atoms with van der Waals surface area (Å²) in [6.07, 6.45) is 2.60. The molecule has 6 heteroatoms. The molecule has 1 aromatic heterocycles. The molecule has 1 atom stereocenters. The number of rotatable bonds is 7. The number of carboxylic acids is 1. The third kappa shape index (κ3) is 5.23. The van der Waals surface area contributed by atoms with Gasteiger partial charge in [0.1, 0.15) is 6.04 Å². The molecule has 0 saturated heterocycles. The third-order valence-corrected chi connectivity index (χ3v) is 3.56. The van der Waals surface area contributed by atoms with Crippen LogP contribution in [-0.4, -0.2) is 35.0 Å². The molecule has 0 aliphatic rings. The first-order valence-electron chi connectivity index (χ1n) is 5.15. The first-order chi connectivity index (χ1) is 8.13. The molecule has 1 heterocycles. The molecule has 1 rings (SSSR count). The zero-order chi connectivity index (χ0) is 12.7. The fourth-order valence-corrected chi connectivity index (χ4v) is 2.46. The van der Waals surface area contributed by atoms with E-state index in [1.165, 1.54) is 11.3 Å². The molecule has 2 N–H and O–H groups in total. The number of hydrogen-bond donors (Lipinski definition) is 2. The van der Waals surface area contributed by atoms with Gasteiger partial charge >= 0.3 is 5.97 Å². The summed E-state index contributed by atoms with van der Waals surface area (Å²) in [5, 5.41) is 15.3. The van der Waals surface area contributed by atoms with Crippen LogP contribution in [0.1, 0.15) is 12.0 Å². The monoisotopic (exact) mass is 273 g/mol. The molecular formula is C11H15NO3S2. The van der Waals surface area contributed by atoms with Gasteiger partial charge in [-0.05, 0) is 40.8 Å². The van der Waals surface area contributed by atoms with Gasteiger partial charge in [-0.1, -0.05) is 0 Å². The number of carbonyl (C=O) groups is 2. The van der Waals surface area contributed by atoms with Crippen molar-refractivity contribution in [3.05, 3.63) is 22.4 Å². The average molecular weight is 273 g/mol. The van der Waals surface area contributed by atoms with Crippen molar-refractivity contribution in [3.8, 4) is 0 Å². The van der Waals surface area contributed by atoms with Crippen molar-refractivity contribution in [2.24, 2.45) is 0 Å². The molecule has 0 bridgehead atoms. The molecule has 0 aliphatic heterocycles. The summed E-state index contributed by atoms with van der Waals surface area (Å²) >= 11 is 3.09. The number of hydrogen-bond acceptors (Lipinski definition) is 4. The van der Waals surface area contributed by atoms with Gasteiger partial charge < -0.3 is 10.4 Å². The van der Waals surface area contributed by atoms with E-state index < -0.39 is 12.0 Å². The van der Waals surface area contributed by atoms with Crippen molar-refractivity contribution >= 4 is 35.0 Å². The summed E-state index contributed by atoms with van der Waals surface area (Å²) in [4.78, 5) is 22.5. The minimum atomic E-state index is -0.974. The van der Waals surface area contributed by atoms with Gasteiger partial charge in [0.2, 0.25) is 5.91 Å². The summed E-state index contributed by atoms with van der Waals surface area (Å²) in [6, 6.07) is 1.08. The Morgan fingerprint density at radius 1 is 1.59 bits per heavy atom. The summed E-state index contributed by atoms with van der Waals surface area (Å²) in [5.74, 6) is -0.495. The van der Waals surface area contributed by atoms with Crippen LogP contribution in [0.5, 0.6) is 0 Å². The van der Waals surface area contributed by atoms with Gasteiger partial charge in [0.05, 0.1) is 6.42 Å². The predicted molar refractivity (Wildman–Crippen MR) is 70.6 cm³/mol. The maximum atomic E-state index is 11.6. The second-order valence-corrected chi connectivity index (χ2v) is 5.31. The molecule has 0 aromatic carbocycles. The quantitative estimate of drug-likeness (QED) is 0.792. The van der Waals surface area contributed by atoms with Crippen molar-refractivity contribution in [3.63, 3.8) is 0 Å². The van der Waals surface area contributed by atoms with Crippen LogP contribution in [0, 0.1) is 0 Å². The van der Waals surface area contributed by atoms with E-state index in [1.807, 2.05) is 23.1 Å². The Morgan fingerprint density at radius 2 is 2.35 bits per heavy atom. The molecule has 1 amide bonds. The highest BCUT2D eigenvalue weighted by Crippen LogP contribution is 2.07. The molecule has 0 radical (unpaired) electrons. The zero-order valence-electron chi connectivity index (χ0n) is 9.51. The molecule has 4 nitrogen and oxygen atoms in total. The number of carbonyl (C=O) groups excluding carboxylic acids is 1. The van der Waals surface area contributed by atoms with E-state index in [1.54, 1.807) is 11.8 Å². The maximum Gasteiger partial charge on any atom is 0.326 e. The second kappa shape index (κ2) is 7.34. The van der Waals surface area contributed by atoms with E-state index in [2.05, 4.69) is 5.32 Å². The van der Waals surface area contributed by atoms with Gasteiger partial charge in [0.15, 0.2) is 0 Å². The highest BCUT2D eigenvalue weighted by molar-refractivity contribution is 7.98. The van der Waals surface area contributed by atoms with E-state index in [-0.39, 0.29) is 12.3 Å². The number of aliphatic carboxylic acids is 1. The Labute approximate surface area is 108 Å². The Bertz CT molecular complexity index is 365. The SMILES string of the molecule is CSCCC(NC(=O)Cc1ccsc1)C(=O)O. The molecule has 0 saturated carbocycles. The lowest BCUT2D eigenvalue weighted by Crippen LogP contribution is -2.41. The molecule has 1 unspecified atom stereocenters. The Kier molecular flexibility index (Phi) is 6.07. The maximum absolute atomic E-state index is 11.6. The highest BCUT2D eigenvalue weighted by atomic mass is 32.2. The van der Waals surface area contributed by atoms with Crippen LogP contribution in [-0.2, 0) is 16.0 Å². The van der Waals surface area contributed by atoms with Crippen molar-refractivity contribution in [2.45, 2.75) is 18.9 Å². The van der Waals surface area contributed by atoms with E-state index in [9.17, 15) is 9.59 Å². The van der Waals surface area contributed by atoms with Crippen LogP contribution >= 0.6 is 23.1 Å². The van der Waals surface area contributed by atoms with E-state index in [0.717, 1.165) is 11.3 Å². The lowest BCUT2D eigenvalue weighted by Gasteiger charge is -2.13. The van der Waals surface area contributed by atoms with E-state index >= 15 is 0 Å². The fraction of sp³-hybridized carbons (Fsp3) is 0.455. The van der Waals surface area contributed by atoms with Crippen molar-refractivity contribution in [1.82, 2.24) is 5.32 Å². The molecule has 94 valence electrons. The van der Waals surface area contributed by atoms with Gasteiger partial charge in [-0.2, -0.15) is 23.1 Å². The summed E-state index contributed by atoms with van der Waals surface area (Å²) in [5.41, 5.74) is 0.918. The van der Waals surface area contributed by atoms with Crippen molar-refractivity contribution in [2.75, 3.05) is 12.0 Å².